The number of imidazole rings is 1. The Morgan fingerprint density at radius 1 is 1.39 bits per heavy atom. The normalized spacial score (nSPS) is 11.2. The Hall–Kier alpha value is -2.44. The molecule has 0 radical (unpaired) electrons. The molecule has 0 spiro atoms. The summed E-state index contributed by atoms with van der Waals surface area (Å²) >= 11 is 0. The molecule has 23 heavy (non-hydrogen) atoms. The van der Waals surface area contributed by atoms with Crippen LogP contribution in [0.15, 0.2) is 18.6 Å². The van der Waals surface area contributed by atoms with Gasteiger partial charge in [-0.2, -0.15) is 0 Å². The number of aryl methyl sites for hydroxylation is 1. The van der Waals surface area contributed by atoms with Crippen LogP contribution in [0.4, 0.5) is 5.82 Å². The van der Waals surface area contributed by atoms with Crippen LogP contribution in [-0.4, -0.2) is 24.8 Å². The molecule has 7 heteroatoms. The summed E-state index contributed by atoms with van der Waals surface area (Å²) in [6, 6.07) is 1.89. The Morgan fingerprint density at radius 3 is 2.65 bits per heavy atom. The smallest absolute Gasteiger partial charge is 0.358 e. The number of hydrogen-bond donors (Lipinski definition) is 0. The van der Waals surface area contributed by atoms with Crippen LogP contribution in [0.5, 0.6) is 0 Å². The maximum atomic E-state index is 12.5. The Morgan fingerprint density at radius 2 is 2.09 bits per heavy atom. The molecule has 2 rings (SSSR count). The quantitative estimate of drug-likeness (QED) is 0.446. The second-order valence-electron chi connectivity index (χ2n) is 6.20. The highest BCUT2D eigenvalue weighted by atomic mass is 16.6. The minimum atomic E-state index is -0.571. The van der Waals surface area contributed by atoms with Crippen molar-refractivity contribution in [3.05, 3.63) is 45.7 Å². The third kappa shape index (κ3) is 3.85. The predicted octanol–water partition coefficient (Wildman–Crippen LogP) is 3.14. The zero-order valence-corrected chi connectivity index (χ0v) is 13.9. The van der Waals surface area contributed by atoms with Gasteiger partial charge in [0, 0.05) is 23.5 Å². The molecule has 0 aliphatic heterocycles. The predicted molar refractivity (Wildman–Crippen MR) is 86.6 cm³/mol. The lowest BCUT2D eigenvalue weighted by molar-refractivity contribution is -0.389. The Bertz CT molecular complexity index is 728. The SMILES string of the molecule is Cc1cc(C(=O)Cn2cnc([N+](=O)[O-])c2)c(C)n1CCC(C)C. The van der Waals surface area contributed by atoms with Crippen LogP contribution in [0.25, 0.3) is 0 Å². The lowest BCUT2D eigenvalue weighted by atomic mass is 10.1. The number of hydrogen-bond acceptors (Lipinski definition) is 4. The molecule has 0 aliphatic rings. The third-order valence-corrected chi connectivity index (χ3v) is 3.94. The monoisotopic (exact) mass is 318 g/mol. The van der Waals surface area contributed by atoms with Crippen molar-refractivity contribution in [1.29, 1.82) is 0 Å². The topological polar surface area (TPSA) is 83.0 Å². The van der Waals surface area contributed by atoms with Gasteiger partial charge >= 0.3 is 5.82 Å². The second-order valence-corrected chi connectivity index (χ2v) is 6.20. The summed E-state index contributed by atoms with van der Waals surface area (Å²) in [5, 5.41) is 10.6. The van der Waals surface area contributed by atoms with Crippen LogP contribution in [0.1, 0.15) is 42.0 Å². The molecule has 2 aromatic heterocycles. The number of carbonyl (C=O) groups excluding carboxylic acids is 1. The number of carbonyl (C=O) groups is 1. The molecule has 0 N–H and O–H groups in total. The van der Waals surface area contributed by atoms with E-state index in [4.69, 9.17) is 0 Å². The molecular formula is C16H22N4O3. The van der Waals surface area contributed by atoms with Gasteiger partial charge in [-0.15, -0.1) is 0 Å². The average Bonchev–Trinajstić information content (AvgIpc) is 3.02. The van der Waals surface area contributed by atoms with Gasteiger partial charge in [0.05, 0.1) is 6.54 Å². The minimum Gasteiger partial charge on any atom is -0.358 e. The average molecular weight is 318 g/mol. The molecule has 0 atom stereocenters. The highest BCUT2D eigenvalue weighted by molar-refractivity contribution is 5.97. The molecule has 0 saturated heterocycles. The lowest BCUT2D eigenvalue weighted by Crippen LogP contribution is -2.11. The first-order valence-electron chi connectivity index (χ1n) is 7.65. The van der Waals surface area contributed by atoms with E-state index in [0.717, 1.165) is 24.4 Å². The van der Waals surface area contributed by atoms with E-state index in [0.29, 0.717) is 11.5 Å². The summed E-state index contributed by atoms with van der Waals surface area (Å²) in [5.41, 5.74) is 2.67. The first-order valence-corrected chi connectivity index (χ1v) is 7.65. The summed E-state index contributed by atoms with van der Waals surface area (Å²) in [6.07, 6.45) is 3.64. The molecule has 0 bridgehead atoms. The molecule has 0 aliphatic carbocycles. The first kappa shape index (κ1) is 16.9. The van der Waals surface area contributed by atoms with Crippen molar-refractivity contribution in [2.24, 2.45) is 5.92 Å². The number of aromatic nitrogens is 3. The molecule has 124 valence electrons. The van der Waals surface area contributed by atoms with Crippen LogP contribution < -0.4 is 0 Å². The van der Waals surface area contributed by atoms with Gasteiger partial charge in [0.1, 0.15) is 6.20 Å². The molecule has 0 fully saturated rings. The maximum absolute atomic E-state index is 12.5. The van der Waals surface area contributed by atoms with Crippen LogP contribution >= 0.6 is 0 Å². The van der Waals surface area contributed by atoms with Gasteiger partial charge in [-0.3, -0.25) is 4.79 Å². The Balaban J connectivity index is 2.15. The highest BCUT2D eigenvalue weighted by Gasteiger charge is 2.18. The molecule has 2 heterocycles. The van der Waals surface area contributed by atoms with Crippen molar-refractivity contribution in [3.8, 4) is 0 Å². The molecule has 7 nitrogen and oxygen atoms in total. The Labute approximate surface area is 135 Å². The van der Waals surface area contributed by atoms with E-state index >= 15 is 0 Å². The maximum Gasteiger partial charge on any atom is 0.381 e. The van der Waals surface area contributed by atoms with E-state index in [2.05, 4.69) is 23.4 Å². The molecule has 2 aromatic rings. The lowest BCUT2D eigenvalue weighted by Gasteiger charge is -2.11. The van der Waals surface area contributed by atoms with Gasteiger partial charge in [-0.25, -0.2) is 0 Å². The summed E-state index contributed by atoms with van der Waals surface area (Å²) in [7, 11) is 0. The van der Waals surface area contributed by atoms with E-state index in [1.807, 2.05) is 19.9 Å². The molecular weight excluding hydrogens is 296 g/mol. The van der Waals surface area contributed by atoms with Crippen LogP contribution in [0, 0.1) is 29.9 Å². The first-order chi connectivity index (χ1) is 10.8. The van der Waals surface area contributed by atoms with Gasteiger partial charge in [-0.05, 0) is 42.2 Å². The molecule has 0 unspecified atom stereocenters. The van der Waals surface area contributed by atoms with E-state index in [9.17, 15) is 14.9 Å². The van der Waals surface area contributed by atoms with Crippen molar-refractivity contribution < 1.29 is 9.72 Å². The van der Waals surface area contributed by atoms with Crippen LogP contribution in [-0.2, 0) is 13.1 Å². The van der Waals surface area contributed by atoms with Gasteiger partial charge < -0.3 is 19.2 Å². The summed E-state index contributed by atoms with van der Waals surface area (Å²) in [5.74, 6) is 0.281. The zero-order valence-electron chi connectivity index (χ0n) is 13.9. The van der Waals surface area contributed by atoms with Gasteiger partial charge in [0.2, 0.25) is 6.33 Å². The van der Waals surface area contributed by atoms with Crippen molar-refractivity contribution in [2.75, 3.05) is 0 Å². The largest absolute Gasteiger partial charge is 0.381 e. The number of Topliss-reactive ketones (excluding diaryl/α,β-unsaturated/α-hetero) is 1. The van der Waals surface area contributed by atoms with E-state index in [1.54, 1.807) is 0 Å². The highest BCUT2D eigenvalue weighted by Crippen LogP contribution is 2.18. The Kier molecular flexibility index (Phi) is 4.98. The van der Waals surface area contributed by atoms with Crippen molar-refractivity contribution in [1.82, 2.24) is 14.1 Å². The van der Waals surface area contributed by atoms with E-state index < -0.39 is 4.92 Å². The summed E-state index contributed by atoms with van der Waals surface area (Å²) in [4.78, 5) is 26.2. The van der Waals surface area contributed by atoms with Crippen molar-refractivity contribution >= 4 is 11.6 Å². The van der Waals surface area contributed by atoms with Gasteiger partial charge in [-0.1, -0.05) is 13.8 Å². The molecule has 0 aromatic carbocycles. The fourth-order valence-electron chi connectivity index (χ4n) is 2.59. The summed E-state index contributed by atoms with van der Waals surface area (Å²) < 4.78 is 3.60. The van der Waals surface area contributed by atoms with Gasteiger partial charge in [0.25, 0.3) is 0 Å². The third-order valence-electron chi connectivity index (χ3n) is 3.94. The van der Waals surface area contributed by atoms with Crippen molar-refractivity contribution in [3.63, 3.8) is 0 Å². The van der Waals surface area contributed by atoms with Crippen molar-refractivity contribution in [2.45, 2.75) is 47.2 Å². The fourth-order valence-corrected chi connectivity index (χ4v) is 2.59. The zero-order chi connectivity index (χ0) is 17.1. The minimum absolute atomic E-state index is 0.0509. The van der Waals surface area contributed by atoms with Crippen LogP contribution in [0.3, 0.4) is 0 Å². The number of nitrogens with zero attached hydrogens (tertiary/aromatic N) is 4. The second kappa shape index (κ2) is 6.76. The van der Waals surface area contributed by atoms with Crippen LogP contribution in [0.2, 0.25) is 0 Å². The standard InChI is InChI=1S/C16H22N4O3/c1-11(2)5-6-19-12(3)7-14(13(19)4)15(21)8-18-9-16(17-10-18)20(22)23/h7,9-11H,5-6,8H2,1-4H3. The number of nitro groups is 1. The number of rotatable bonds is 7. The molecule has 0 amide bonds. The molecule has 0 saturated carbocycles. The van der Waals surface area contributed by atoms with Gasteiger partial charge in [0.15, 0.2) is 5.78 Å². The number of ketones is 1. The fraction of sp³-hybridized carbons (Fsp3) is 0.500. The summed E-state index contributed by atoms with van der Waals surface area (Å²) in [6.45, 7) is 9.22. The van der Waals surface area contributed by atoms with E-state index in [-0.39, 0.29) is 18.1 Å². The van der Waals surface area contributed by atoms with E-state index in [1.165, 1.54) is 17.1 Å².